The Morgan fingerprint density at radius 3 is 2.38 bits per heavy atom. The fourth-order valence-electron chi connectivity index (χ4n) is 6.09. The normalized spacial score (nSPS) is 16.5. The fraction of sp³-hybridized carbons (Fsp3) is 0.237. The Kier molecular flexibility index (Phi) is 9.44. The molecule has 3 aromatic heterocycles. The predicted molar refractivity (Wildman–Crippen MR) is 190 cm³/mol. The van der Waals surface area contributed by atoms with Gasteiger partial charge in [-0.2, -0.15) is 0 Å². The average Bonchev–Trinajstić information content (AvgIpc) is 3.11. The van der Waals surface area contributed by atoms with Crippen molar-refractivity contribution in [2.24, 2.45) is 0 Å². The maximum Gasteiger partial charge on any atom is 0.228 e. The van der Waals surface area contributed by atoms with Crippen LogP contribution in [0.4, 0.5) is 17.5 Å². The van der Waals surface area contributed by atoms with Gasteiger partial charge in [0.15, 0.2) is 5.82 Å². The van der Waals surface area contributed by atoms with Crippen LogP contribution in [0.1, 0.15) is 20.3 Å². The predicted octanol–water partition coefficient (Wildman–Crippen LogP) is 7.60. The Labute approximate surface area is 280 Å². The second-order valence-corrected chi connectivity index (χ2v) is 12.0. The van der Waals surface area contributed by atoms with Gasteiger partial charge in [0.1, 0.15) is 11.4 Å². The topological polar surface area (TPSA) is 110 Å². The summed E-state index contributed by atoms with van der Waals surface area (Å²) in [5.74, 6) is 2.38. The van der Waals surface area contributed by atoms with Gasteiger partial charge >= 0.3 is 0 Å². The lowest BCUT2D eigenvalue weighted by Gasteiger charge is -2.35. The third-order valence-corrected chi connectivity index (χ3v) is 8.20. The number of morpholine rings is 1. The molecule has 0 spiro atoms. The minimum absolute atomic E-state index is 0.270. The van der Waals surface area contributed by atoms with Crippen molar-refractivity contribution in [2.45, 2.75) is 32.5 Å². The molecular formula is C38H38N8O2. The molecule has 1 aliphatic rings. The zero-order valence-electron chi connectivity index (χ0n) is 27.1. The maximum atomic E-state index is 6.26. The molecule has 0 radical (unpaired) electrons. The van der Waals surface area contributed by atoms with Gasteiger partial charge in [-0.05, 0) is 62.7 Å². The average molecular weight is 639 g/mol. The Balaban J connectivity index is 1.01. The second kappa shape index (κ2) is 14.5. The molecule has 10 nitrogen and oxygen atoms in total. The first kappa shape index (κ1) is 31.2. The van der Waals surface area contributed by atoms with Crippen molar-refractivity contribution < 1.29 is 9.47 Å². The molecule has 0 bridgehead atoms. The molecule has 4 heterocycles. The van der Waals surface area contributed by atoms with Gasteiger partial charge in [-0.15, -0.1) is 10.2 Å². The zero-order chi connectivity index (χ0) is 32.7. The number of nitrogens with one attached hydrogen (secondary N) is 2. The minimum Gasteiger partial charge on any atom is -0.438 e. The molecule has 242 valence electrons. The molecule has 6 aromatic rings. The number of benzene rings is 3. The highest BCUT2D eigenvalue weighted by atomic mass is 16.5. The molecule has 0 aliphatic carbocycles. The van der Waals surface area contributed by atoms with Crippen LogP contribution in [-0.4, -0.2) is 68.4 Å². The first-order chi connectivity index (χ1) is 23.6. The lowest BCUT2D eigenvalue weighted by atomic mass is 10.0. The quantitative estimate of drug-likeness (QED) is 0.138. The van der Waals surface area contributed by atoms with Crippen LogP contribution in [0.25, 0.3) is 33.3 Å². The molecule has 2 atom stereocenters. The van der Waals surface area contributed by atoms with E-state index >= 15 is 0 Å². The number of fused-ring (bicyclic) bond motifs is 1. The number of nitrogens with zero attached hydrogens (tertiary/aromatic N) is 6. The summed E-state index contributed by atoms with van der Waals surface area (Å²) < 4.78 is 12.1. The molecule has 0 amide bonds. The van der Waals surface area contributed by atoms with E-state index < -0.39 is 0 Å². The molecule has 7 rings (SSSR count). The van der Waals surface area contributed by atoms with Crippen molar-refractivity contribution in [3.63, 3.8) is 0 Å². The number of hydrogen-bond acceptors (Lipinski definition) is 10. The van der Waals surface area contributed by atoms with Crippen LogP contribution in [0, 0.1) is 0 Å². The van der Waals surface area contributed by atoms with E-state index in [1.807, 2.05) is 84.9 Å². The summed E-state index contributed by atoms with van der Waals surface area (Å²) in [6.07, 6.45) is 5.00. The molecule has 48 heavy (non-hydrogen) atoms. The Morgan fingerprint density at radius 2 is 1.56 bits per heavy atom. The van der Waals surface area contributed by atoms with E-state index in [1.54, 1.807) is 12.4 Å². The molecular weight excluding hydrogens is 600 g/mol. The van der Waals surface area contributed by atoms with Crippen LogP contribution < -0.4 is 15.4 Å². The van der Waals surface area contributed by atoms with Crippen molar-refractivity contribution in [2.75, 3.05) is 36.8 Å². The number of ether oxygens (including phenoxy) is 2. The van der Waals surface area contributed by atoms with Gasteiger partial charge in [-0.25, -0.2) is 15.0 Å². The smallest absolute Gasteiger partial charge is 0.228 e. The molecule has 1 fully saturated rings. The van der Waals surface area contributed by atoms with E-state index in [9.17, 15) is 0 Å². The highest BCUT2D eigenvalue weighted by molar-refractivity contribution is 6.00. The van der Waals surface area contributed by atoms with Gasteiger partial charge in [0, 0.05) is 60.6 Å². The lowest BCUT2D eigenvalue weighted by molar-refractivity contribution is -0.0678. The van der Waals surface area contributed by atoms with Crippen LogP contribution in [0.5, 0.6) is 11.6 Å². The van der Waals surface area contributed by atoms with Crippen molar-refractivity contribution >= 4 is 28.2 Å². The van der Waals surface area contributed by atoms with Crippen LogP contribution >= 0.6 is 0 Å². The number of anilines is 3. The number of pyridine rings is 1. The first-order valence-corrected chi connectivity index (χ1v) is 16.3. The minimum atomic E-state index is 0.270. The Bertz CT molecular complexity index is 1960. The van der Waals surface area contributed by atoms with Gasteiger partial charge < -0.3 is 20.1 Å². The summed E-state index contributed by atoms with van der Waals surface area (Å²) in [7, 11) is 0. The summed E-state index contributed by atoms with van der Waals surface area (Å²) in [5.41, 5.74) is 4.25. The van der Waals surface area contributed by atoms with E-state index in [1.165, 1.54) is 0 Å². The van der Waals surface area contributed by atoms with Crippen molar-refractivity contribution in [1.29, 1.82) is 0 Å². The largest absolute Gasteiger partial charge is 0.438 e. The summed E-state index contributed by atoms with van der Waals surface area (Å²) >= 11 is 0. The highest BCUT2D eigenvalue weighted by Crippen LogP contribution is 2.33. The fourth-order valence-corrected chi connectivity index (χ4v) is 6.09. The van der Waals surface area contributed by atoms with Crippen molar-refractivity contribution in [3.8, 4) is 34.1 Å². The third kappa shape index (κ3) is 7.41. The summed E-state index contributed by atoms with van der Waals surface area (Å²) in [5, 5.41) is 17.9. The highest BCUT2D eigenvalue weighted by Gasteiger charge is 2.21. The molecule has 1 aliphatic heterocycles. The molecule has 3 aromatic carbocycles. The van der Waals surface area contributed by atoms with E-state index in [2.05, 4.69) is 61.7 Å². The van der Waals surface area contributed by atoms with Crippen molar-refractivity contribution in [3.05, 3.63) is 109 Å². The van der Waals surface area contributed by atoms with Crippen LogP contribution in [0.2, 0.25) is 0 Å². The molecule has 1 saturated heterocycles. The maximum absolute atomic E-state index is 6.26. The van der Waals surface area contributed by atoms with Gasteiger partial charge in [0.25, 0.3) is 0 Å². The standard InChI is InChI=1S/C38H38N8O2/c1-26-24-46(25-27(2)47-26)23-9-21-40-38-41-22-19-34(43-38)33-14-8-20-39-37(33)48-30-17-15-29(16-18-30)42-36-32-13-7-6-12-31(32)35(44-45-36)28-10-4-3-5-11-28/h3-8,10-20,22,26-27H,9,21,23-25H2,1-2H3,(H,42,45)(H,40,41,43). The molecule has 0 saturated carbocycles. The first-order valence-electron chi connectivity index (χ1n) is 16.3. The summed E-state index contributed by atoms with van der Waals surface area (Å²) in [4.78, 5) is 16.2. The SMILES string of the molecule is CC1CN(CCCNc2nccc(-c3cccnc3Oc3ccc(Nc4nnc(-c5ccccc5)c5ccccc45)cc3)n2)CC(C)O1. The van der Waals surface area contributed by atoms with E-state index in [0.717, 1.165) is 71.6 Å². The number of aromatic nitrogens is 5. The Morgan fingerprint density at radius 1 is 0.792 bits per heavy atom. The van der Waals surface area contributed by atoms with Crippen molar-refractivity contribution in [1.82, 2.24) is 30.0 Å². The van der Waals surface area contributed by atoms with E-state index in [-0.39, 0.29) is 12.2 Å². The van der Waals surface area contributed by atoms with Crippen LogP contribution in [0.15, 0.2) is 109 Å². The van der Waals surface area contributed by atoms with E-state index in [4.69, 9.17) is 14.5 Å². The van der Waals surface area contributed by atoms with Crippen LogP contribution in [-0.2, 0) is 4.74 Å². The van der Waals surface area contributed by atoms with Crippen LogP contribution in [0.3, 0.4) is 0 Å². The van der Waals surface area contributed by atoms with Gasteiger partial charge in [-0.3, -0.25) is 4.90 Å². The number of hydrogen-bond donors (Lipinski definition) is 2. The monoisotopic (exact) mass is 638 g/mol. The zero-order valence-corrected chi connectivity index (χ0v) is 27.1. The summed E-state index contributed by atoms with van der Waals surface area (Å²) in [6.45, 7) is 7.98. The van der Waals surface area contributed by atoms with E-state index in [0.29, 0.717) is 23.4 Å². The lowest BCUT2D eigenvalue weighted by Crippen LogP contribution is -2.45. The molecule has 2 unspecified atom stereocenters. The second-order valence-electron chi connectivity index (χ2n) is 12.0. The molecule has 10 heteroatoms. The third-order valence-electron chi connectivity index (χ3n) is 8.20. The Hall–Kier alpha value is -5.45. The van der Waals surface area contributed by atoms with Gasteiger partial charge in [0.05, 0.1) is 23.5 Å². The number of rotatable bonds is 11. The van der Waals surface area contributed by atoms with Gasteiger partial charge in [0.2, 0.25) is 11.8 Å². The molecule has 2 N–H and O–H groups in total. The summed E-state index contributed by atoms with van der Waals surface area (Å²) in [6, 6.07) is 31.7. The van der Waals surface area contributed by atoms with Gasteiger partial charge in [-0.1, -0.05) is 54.6 Å².